The molecule has 1 aliphatic heterocycles. The monoisotopic (exact) mass is 113 g/mol. The Morgan fingerprint density at radius 1 is 1.88 bits per heavy atom. The van der Waals surface area contributed by atoms with Gasteiger partial charge in [0.05, 0.1) is 6.20 Å². The summed E-state index contributed by atoms with van der Waals surface area (Å²) in [4.78, 5) is 3.52. The van der Waals surface area contributed by atoms with Crippen molar-refractivity contribution in [2.24, 2.45) is 4.99 Å². The molecule has 0 fully saturated rings. The molecule has 0 unspecified atom stereocenters. The van der Waals surface area contributed by atoms with E-state index >= 15 is 0 Å². The van der Waals surface area contributed by atoms with Crippen molar-refractivity contribution in [1.82, 2.24) is 10.4 Å². The van der Waals surface area contributed by atoms with Gasteiger partial charge in [0.25, 0.3) is 0 Å². The summed E-state index contributed by atoms with van der Waals surface area (Å²) in [5.41, 5.74) is 2.72. The molecular formula is C4H7N3O. The van der Waals surface area contributed by atoms with Crippen molar-refractivity contribution in [2.45, 2.75) is 0 Å². The van der Waals surface area contributed by atoms with Crippen molar-refractivity contribution in [2.75, 3.05) is 7.05 Å². The molecule has 1 aliphatic rings. The van der Waals surface area contributed by atoms with Crippen molar-refractivity contribution in [3.05, 3.63) is 12.1 Å². The zero-order chi connectivity index (χ0) is 5.98. The average Bonchev–Trinajstić information content (AvgIpc) is 1.64. The summed E-state index contributed by atoms with van der Waals surface area (Å²) in [7, 11) is 1.77. The van der Waals surface area contributed by atoms with Gasteiger partial charge in [-0.1, -0.05) is 0 Å². The first kappa shape index (κ1) is 4.96. The molecule has 2 N–H and O–H groups in total. The van der Waals surface area contributed by atoms with Gasteiger partial charge in [-0.3, -0.25) is 10.4 Å². The minimum Gasteiger partial charge on any atom is -0.492 e. The van der Waals surface area contributed by atoms with Crippen LogP contribution in [0.5, 0.6) is 0 Å². The van der Waals surface area contributed by atoms with Crippen molar-refractivity contribution < 1.29 is 5.11 Å². The van der Waals surface area contributed by atoms with E-state index in [0.29, 0.717) is 0 Å². The van der Waals surface area contributed by atoms with E-state index in [-0.39, 0.29) is 5.88 Å². The number of aliphatic hydroxyl groups is 1. The number of hydrogen-bond acceptors (Lipinski definition) is 4. The zero-order valence-corrected chi connectivity index (χ0v) is 4.50. The van der Waals surface area contributed by atoms with Gasteiger partial charge in [-0.2, -0.15) is 0 Å². The molecule has 0 atom stereocenters. The summed E-state index contributed by atoms with van der Waals surface area (Å²) in [5, 5.41) is 10.3. The van der Waals surface area contributed by atoms with Crippen LogP contribution in [-0.4, -0.2) is 23.5 Å². The second-order valence-electron chi connectivity index (χ2n) is 1.49. The van der Waals surface area contributed by atoms with Crippen molar-refractivity contribution in [1.29, 1.82) is 0 Å². The third kappa shape index (κ3) is 0.900. The summed E-state index contributed by atoms with van der Waals surface area (Å²) in [5.74, 6) is 0.0197. The molecule has 0 aromatic rings. The van der Waals surface area contributed by atoms with Crippen LogP contribution < -0.4 is 5.43 Å². The van der Waals surface area contributed by atoms with Crippen LogP contribution in [0.1, 0.15) is 0 Å². The predicted molar refractivity (Wildman–Crippen MR) is 30.1 cm³/mol. The number of hydrogen-bond donors (Lipinski definition) is 2. The Labute approximate surface area is 47.1 Å². The fourth-order valence-corrected chi connectivity index (χ4v) is 0.430. The molecule has 0 saturated carbocycles. The molecule has 44 valence electrons. The molecular weight excluding hydrogens is 106 g/mol. The molecule has 0 aromatic heterocycles. The van der Waals surface area contributed by atoms with Gasteiger partial charge in [0.1, 0.15) is 6.34 Å². The van der Waals surface area contributed by atoms with E-state index in [4.69, 9.17) is 5.11 Å². The first-order valence-corrected chi connectivity index (χ1v) is 2.21. The number of hydrazine groups is 1. The number of nitrogens with one attached hydrogen (secondary N) is 1. The smallest absolute Gasteiger partial charge is 0.230 e. The molecule has 1 rings (SSSR count). The second-order valence-corrected chi connectivity index (χ2v) is 1.49. The van der Waals surface area contributed by atoms with Crippen LogP contribution in [0.3, 0.4) is 0 Å². The Morgan fingerprint density at radius 2 is 2.62 bits per heavy atom. The Bertz CT molecular complexity index is 140. The number of rotatable bonds is 0. The highest BCUT2D eigenvalue weighted by atomic mass is 16.3. The summed E-state index contributed by atoms with van der Waals surface area (Å²) in [6.07, 6.45) is 2.88. The molecule has 0 spiro atoms. The van der Waals surface area contributed by atoms with E-state index in [2.05, 4.69) is 10.4 Å². The van der Waals surface area contributed by atoms with Crippen LogP contribution >= 0.6 is 0 Å². The van der Waals surface area contributed by atoms with Crippen molar-refractivity contribution in [3.63, 3.8) is 0 Å². The van der Waals surface area contributed by atoms with E-state index in [1.807, 2.05) is 0 Å². The van der Waals surface area contributed by atoms with Crippen LogP contribution in [0.2, 0.25) is 0 Å². The van der Waals surface area contributed by atoms with Gasteiger partial charge in [0.15, 0.2) is 0 Å². The first-order chi connectivity index (χ1) is 3.79. The Hall–Kier alpha value is -1.19. The summed E-state index contributed by atoms with van der Waals surface area (Å²) in [6, 6.07) is 0. The minimum absolute atomic E-state index is 0.0197. The summed E-state index contributed by atoms with van der Waals surface area (Å²) in [6.45, 7) is 0. The maximum absolute atomic E-state index is 8.66. The lowest BCUT2D eigenvalue weighted by Crippen LogP contribution is -2.30. The quantitative estimate of drug-likeness (QED) is 0.458. The molecule has 1 heterocycles. The van der Waals surface area contributed by atoms with Crippen LogP contribution in [0.25, 0.3) is 0 Å². The molecule has 0 amide bonds. The largest absolute Gasteiger partial charge is 0.492 e. The molecule has 0 bridgehead atoms. The van der Waals surface area contributed by atoms with E-state index in [9.17, 15) is 0 Å². The van der Waals surface area contributed by atoms with E-state index in [0.717, 1.165) is 0 Å². The minimum atomic E-state index is 0.0197. The molecule has 4 heteroatoms. The topological polar surface area (TPSA) is 47.9 Å². The van der Waals surface area contributed by atoms with Crippen molar-refractivity contribution in [3.8, 4) is 0 Å². The maximum Gasteiger partial charge on any atom is 0.230 e. The summed E-state index contributed by atoms with van der Waals surface area (Å²) >= 11 is 0. The van der Waals surface area contributed by atoms with Gasteiger partial charge in [-0.25, -0.2) is 4.99 Å². The van der Waals surface area contributed by atoms with Crippen molar-refractivity contribution >= 4 is 6.34 Å². The fourth-order valence-electron chi connectivity index (χ4n) is 0.430. The third-order valence-corrected chi connectivity index (χ3v) is 0.767. The predicted octanol–water partition coefficient (Wildman–Crippen LogP) is -0.178. The molecule has 0 saturated heterocycles. The second kappa shape index (κ2) is 1.73. The lowest BCUT2D eigenvalue weighted by molar-refractivity contribution is 0.336. The average molecular weight is 113 g/mol. The lowest BCUT2D eigenvalue weighted by Gasteiger charge is -2.15. The van der Waals surface area contributed by atoms with E-state index in [1.54, 1.807) is 12.1 Å². The highest BCUT2D eigenvalue weighted by Crippen LogP contribution is 1.92. The highest BCUT2D eigenvalue weighted by Gasteiger charge is 1.95. The molecule has 0 radical (unpaired) electrons. The van der Waals surface area contributed by atoms with E-state index < -0.39 is 0 Å². The Balaban J connectivity index is 2.63. The Kier molecular flexibility index (Phi) is 1.07. The summed E-state index contributed by atoms with van der Waals surface area (Å²) < 4.78 is 0. The normalized spacial score (nSPS) is 17.6. The fraction of sp³-hybridized carbons (Fsp3) is 0.250. The van der Waals surface area contributed by atoms with Gasteiger partial charge in [0, 0.05) is 7.05 Å². The van der Waals surface area contributed by atoms with Gasteiger partial charge in [-0.05, 0) is 0 Å². The standard InChI is InChI=1S/C4H7N3O/c1-7-2-4(8)5-3-6-7/h2-3,8H,1H3,(H,5,6). The Morgan fingerprint density at radius 3 is 3.00 bits per heavy atom. The molecule has 8 heavy (non-hydrogen) atoms. The van der Waals surface area contributed by atoms with Gasteiger partial charge >= 0.3 is 0 Å². The first-order valence-electron chi connectivity index (χ1n) is 2.21. The number of aliphatic hydroxyl groups excluding tert-OH is 1. The lowest BCUT2D eigenvalue weighted by atomic mass is 10.7. The van der Waals surface area contributed by atoms with E-state index in [1.165, 1.54) is 12.5 Å². The highest BCUT2D eigenvalue weighted by molar-refractivity contribution is 5.56. The molecule has 0 aliphatic carbocycles. The number of nitrogens with zero attached hydrogens (tertiary/aromatic N) is 2. The van der Waals surface area contributed by atoms with Crippen LogP contribution in [0, 0.1) is 0 Å². The van der Waals surface area contributed by atoms with Crippen LogP contribution in [0.4, 0.5) is 0 Å². The van der Waals surface area contributed by atoms with Crippen LogP contribution in [-0.2, 0) is 0 Å². The molecule has 4 nitrogen and oxygen atoms in total. The SMILES string of the molecule is CN1C=C(O)N=CN1. The zero-order valence-electron chi connectivity index (χ0n) is 4.50. The van der Waals surface area contributed by atoms with Gasteiger partial charge < -0.3 is 5.11 Å². The third-order valence-electron chi connectivity index (χ3n) is 0.767. The number of aliphatic imine (C=N–C) groups is 1. The van der Waals surface area contributed by atoms with Gasteiger partial charge in [0.2, 0.25) is 5.88 Å². The molecule has 0 aromatic carbocycles. The van der Waals surface area contributed by atoms with Crippen LogP contribution in [0.15, 0.2) is 17.1 Å². The maximum atomic E-state index is 8.66. The van der Waals surface area contributed by atoms with Gasteiger partial charge in [-0.15, -0.1) is 0 Å².